The van der Waals surface area contributed by atoms with Crippen LogP contribution in [0.15, 0.2) is 102 Å². The molecule has 2 aliphatic rings. The molecule has 5 aromatic rings. The smallest absolute Gasteiger partial charge is 0.293 e. The van der Waals surface area contributed by atoms with Gasteiger partial charge in [0.05, 0.1) is 22.0 Å². The number of aliphatic hydroxyl groups excluding tert-OH is 1. The van der Waals surface area contributed by atoms with Crippen LogP contribution in [0.1, 0.15) is 69.3 Å². The number of ether oxygens (including phenoxy) is 1. The van der Waals surface area contributed by atoms with Crippen LogP contribution in [-0.4, -0.2) is 79.6 Å². The van der Waals surface area contributed by atoms with Crippen molar-refractivity contribution in [3.8, 4) is 11.5 Å². The topological polar surface area (TPSA) is 170 Å². The Morgan fingerprint density at radius 1 is 1.00 bits per heavy atom. The molecule has 0 bridgehead atoms. The number of hydrogen-bond acceptors (Lipinski definition) is 10. The summed E-state index contributed by atoms with van der Waals surface area (Å²) in [6, 6.07) is 23.5. The Labute approximate surface area is 361 Å². The van der Waals surface area contributed by atoms with E-state index in [-0.39, 0.29) is 34.9 Å². The van der Waals surface area contributed by atoms with Crippen LogP contribution in [0.5, 0.6) is 11.5 Å². The second kappa shape index (κ2) is 18.3. The van der Waals surface area contributed by atoms with Gasteiger partial charge >= 0.3 is 0 Å². The van der Waals surface area contributed by atoms with Crippen molar-refractivity contribution >= 4 is 61.1 Å². The number of anilines is 2. The fraction of sp³-hybridized carbons (Fsp3) is 0.370. The molecular formula is C46H53ClN6O7S. The van der Waals surface area contributed by atoms with Gasteiger partial charge in [-0.15, -0.1) is 0 Å². The number of nitrogens with one attached hydrogen (secondary N) is 3. The van der Waals surface area contributed by atoms with Crippen LogP contribution in [0, 0.1) is 21.4 Å². The van der Waals surface area contributed by atoms with E-state index < -0.39 is 37.5 Å². The van der Waals surface area contributed by atoms with E-state index in [1.54, 1.807) is 24.3 Å². The third-order valence-electron chi connectivity index (χ3n) is 11.5. The van der Waals surface area contributed by atoms with Gasteiger partial charge in [-0.05, 0) is 109 Å². The molecule has 1 aliphatic carbocycles. The lowest BCUT2D eigenvalue weighted by Crippen LogP contribution is -2.47. The highest BCUT2D eigenvalue weighted by Gasteiger charge is 2.31. The van der Waals surface area contributed by atoms with Crippen LogP contribution in [0.4, 0.5) is 17.1 Å². The van der Waals surface area contributed by atoms with E-state index in [1.165, 1.54) is 28.8 Å². The van der Waals surface area contributed by atoms with Crippen molar-refractivity contribution in [2.24, 2.45) is 11.3 Å². The second-order valence-electron chi connectivity index (χ2n) is 17.2. The summed E-state index contributed by atoms with van der Waals surface area (Å²) >= 11 is 6.24. The number of benzene rings is 4. The summed E-state index contributed by atoms with van der Waals surface area (Å²) < 4.78 is 35.8. The van der Waals surface area contributed by atoms with Crippen LogP contribution in [-0.2, 0) is 10.0 Å². The number of piperazine rings is 1. The van der Waals surface area contributed by atoms with Crippen LogP contribution >= 0.6 is 11.6 Å². The highest BCUT2D eigenvalue weighted by atomic mass is 35.5. The number of H-pyrrole nitrogens is 1. The van der Waals surface area contributed by atoms with E-state index in [1.807, 2.05) is 50.4 Å². The summed E-state index contributed by atoms with van der Waals surface area (Å²) in [7, 11) is -4.59. The zero-order chi connectivity index (χ0) is 43.5. The number of hydrogen-bond donors (Lipinski definition) is 4. The number of fused-ring (bicyclic) bond motifs is 1. The minimum atomic E-state index is -4.59. The first-order valence-corrected chi connectivity index (χ1v) is 22.5. The number of nitrogens with zero attached hydrogens (tertiary/aromatic N) is 3. The summed E-state index contributed by atoms with van der Waals surface area (Å²) in [4.78, 5) is 32.7. The molecular weight excluding hydrogens is 816 g/mol. The Kier molecular flexibility index (Phi) is 13.1. The van der Waals surface area contributed by atoms with Crippen molar-refractivity contribution < 1.29 is 28.0 Å². The molecule has 13 nitrogen and oxygen atoms in total. The first kappa shape index (κ1) is 43.7. The molecule has 1 aromatic heterocycles. The molecule has 1 amide bonds. The number of halogens is 1. The molecule has 0 saturated carbocycles. The van der Waals surface area contributed by atoms with Gasteiger partial charge in [0.1, 0.15) is 17.2 Å². The Morgan fingerprint density at radius 2 is 1.75 bits per heavy atom. The molecule has 322 valence electrons. The molecule has 1 fully saturated rings. The van der Waals surface area contributed by atoms with E-state index in [9.17, 15) is 28.4 Å². The Morgan fingerprint density at radius 3 is 2.46 bits per heavy atom. The van der Waals surface area contributed by atoms with Crippen molar-refractivity contribution in [3.05, 3.63) is 123 Å². The van der Waals surface area contributed by atoms with Crippen molar-refractivity contribution in [2.45, 2.75) is 64.3 Å². The lowest BCUT2D eigenvalue weighted by Gasteiger charge is -2.39. The number of carbonyl (C=O) groups is 1. The number of allylic oxidation sites excluding steroid dienone is 1. The lowest BCUT2D eigenvalue weighted by molar-refractivity contribution is -0.384. The Balaban J connectivity index is 1.11. The lowest BCUT2D eigenvalue weighted by atomic mass is 9.72. The van der Waals surface area contributed by atoms with Gasteiger partial charge in [-0.2, -0.15) is 0 Å². The summed E-state index contributed by atoms with van der Waals surface area (Å²) in [5.41, 5.74) is 5.56. The Bertz CT molecular complexity index is 2550. The zero-order valence-corrected chi connectivity index (χ0v) is 36.5. The van der Waals surface area contributed by atoms with Crippen LogP contribution < -0.4 is 19.7 Å². The molecule has 15 heteroatoms. The van der Waals surface area contributed by atoms with Gasteiger partial charge in [0.2, 0.25) is 0 Å². The summed E-state index contributed by atoms with van der Waals surface area (Å²) in [6.45, 7) is 12.3. The van der Waals surface area contributed by atoms with Gasteiger partial charge in [0.15, 0.2) is 0 Å². The third-order valence-corrected chi connectivity index (χ3v) is 13.1. The van der Waals surface area contributed by atoms with Gasteiger partial charge in [-0.25, -0.2) is 13.1 Å². The Hall–Kier alpha value is -5.41. The largest absolute Gasteiger partial charge is 0.456 e. The fourth-order valence-corrected chi connectivity index (χ4v) is 9.37. The van der Waals surface area contributed by atoms with Crippen molar-refractivity contribution in [3.63, 3.8) is 0 Å². The molecule has 4 N–H and O–H groups in total. The van der Waals surface area contributed by atoms with Gasteiger partial charge in [0, 0.05) is 78.7 Å². The molecule has 1 aliphatic heterocycles. The molecule has 4 aromatic carbocycles. The van der Waals surface area contributed by atoms with E-state index in [0.29, 0.717) is 12.2 Å². The number of aliphatic hydroxyl groups is 1. The second-order valence-corrected chi connectivity index (χ2v) is 19.3. The SMILES string of the molecule is CC(C)C[C@@H](CO)Nc1ccc(S(=O)(=O)NC(=O)c2ccc(N3CCN(CC4=C(c5ccc(Cl)cc5)CC(C)(C)CC4)CC3)cc2Oc2ccc3[nH]ccc3c2)cc1[N+](=O)[O-]. The summed E-state index contributed by atoms with van der Waals surface area (Å²) in [5, 5.41) is 26.5. The third kappa shape index (κ3) is 10.6. The zero-order valence-electron chi connectivity index (χ0n) is 34.9. The highest BCUT2D eigenvalue weighted by molar-refractivity contribution is 7.90. The molecule has 1 saturated heterocycles. The maximum absolute atomic E-state index is 13.9. The number of amides is 1. The monoisotopic (exact) mass is 868 g/mol. The van der Waals surface area contributed by atoms with E-state index >= 15 is 0 Å². The van der Waals surface area contributed by atoms with Gasteiger partial charge in [0.25, 0.3) is 21.6 Å². The standard InChI is InChI=1S/C46H53ClN6O7S/c1-30(2)23-35(29-54)49-42-14-11-38(26-43(42)53(56)57)61(58,59)50-45(55)39-12-9-36(25-44(39)60-37-10-13-41-32(24-37)16-18-48-41)52-21-19-51(20-22-52)28-33-15-17-46(3,4)27-40(33)31-5-7-34(47)8-6-31/h5-14,16,18,24-26,30,35,48-49,54H,15,17,19-23,27-29H2,1-4H3,(H,50,55)/t35-/m0/s1. The molecule has 2 heterocycles. The minimum absolute atomic E-state index is 0.0331. The van der Waals surface area contributed by atoms with Crippen molar-refractivity contribution in [2.75, 3.05) is 49.5 Å². The highest BCUT2D eigenvalue weighted by Crippen LogP contribution is 2.43. The quantitative estimate of drug-likeness (QED) is 0.0588. The van der Waals surface area contributed by atoms with Crippen molar-refractivity contribution in [1.82, 2.24) is 14.6 Å². The normalized spacial score (nSPS) is 16.5. The molecule has 7 rings (SSSR count). The average Bonchev–Trinajstić information content (AvgIpc) is 3.69. The number of nitro benzene ring substituents is 1. The molecule has 0 spiro atoms. The molecule has 1 atom stereocenters. The van der Waals surface area contributed by atoms with E-state index in [0.717, 1.165) is 79.7 Å². The fourth-order valence-electron chi connectivity index (χ4n) is 8.26. The number of aromatic nitrogens is 1. The molecule has 0 radical (unpaired) electrons. The number of nitro groups is 1. The molecule has 61 heavy (non-hydrogen) atoms. The molecule has 0 unspecified atom stereocenters. The number of rotatable bonds is 15. The average molecular weight is 869 g/mol. The minimum Gasteiger partial charge on any atom is -0.456 e. The van der Waals surface area contributed by atoms with Crippen LogP contribution in [0.25, 0.3) is 16.5 Å². The van der Waals surface area contributed by atoms with E-state index in [4.69, 9.17) is 16.3 Å². The van der Waals surface area contributed by atoms with Crippen LogP contribution in [0.3, 0.4) is 0 Å². The number of carbonyl (C=O) groups excluding carboxylic acids is 1. The maximum Gasteiger partial charge on any atom is 0.293 e. The summed E-state index contributed by atoms with van der Waals surface area (Å²) in [6.07, 6.45) is 5.54. The summed E-state index contributed by atoms with van der Waals surface area (Å²) in [5.74, 6) is -0.169. The predicted molar refractivity (Wildman–Crippen MR) is 241 cm³/mol. The van der Waals surface area contributed by atoms with Gasteiger partial charge in [-0.1, -0.05) is 57.0 Å². The van der Waals surface area contributed by atoms with Gasteiger partial charge in [-0.3, -0.25) is 19.8 Å². The van der Waals surface area contributed by atoms with Crippen LogP contribution in [0.2, 0.25) is 5.02 Å². The first-order valence-electron chi connectivity index (χ1n) is 20.6. The maximum atomic E-state index is 13.9. The van der Waals surface area contributed by atoms with Gasteiger partial charge < -0.3 is 25.0 Å². The number of aromatic amines is 1. The number of sulfonamides is 1. The predicted octanol–water partition coefficient (Wildman–Crippen LogP) is 9.25. The first-order chi connectivity index (χ1) is 29.1. The van der Waals surface area contributed by atoms with E-state index in [2.05, 4.69) is 50.8 Å². The van der Waals surface area contributed by atoms with Crippen molar-refractivity contribution in [1.29, 1.82) is 0 Å².